The summed E-state index contributed by atoms with van der Waals surface area (Å²) in [7, 11) is 2.10. The van der Waals surface area contributed by atoms with Crippen LogP contribution in [0, 0.1) is 5.41 Å². The summed E-state index contributed by atoms with van der Waals surface area (Å²) in [6, 6.07) is 0. The quantitative estimate of drug-likeness (QED) is 0.708. The molecule has 0 amide bonds. The van der Waals surface area contributed by atoms with Gasteiger partial charge in [-0.2, -0.15) is 0 Å². The lowest BCUT2D eigenvalue weighted by atomic mass is 9.92. The predicted molar refractivity (Wildman–Crippen MR) is 58.8 cm³/mol. The van der Waals surface area contributed by atoms with E-state index in [-0.39, 0.29) is 11.1 Å². The standard InChI is InChI=1S/C9H23NO3Si/c1-9(2,3)7-8(10)14(11-4,12-5)13-6/h8H,7,10H2,1-6H3. The first-order valence-corrected chi connectivity index (χ1v) is 6.52. The van der Waals surface area contributed by atoms with Gasteiger partial charge in [-0.05, 0) is 11.8 Å². The van der Waals surface area contributed by atoms with E-state index in [0.717, 1.165) is 6.42 Å². The Hall–Kier alpha value is 0.0569. The molecule has 1 unspecified atom stereocenters. The molecule has 5 heteroatoms. The van der Waals surface area contributed by atoms with E-state index in [2.05, 4.69) is 20.8 Å². The van der Waals surface area contributed by atoms with Crippen molar-refractivity contribution in [3.63, 3.8) is 0 Å². The number of rotatable bonds is 5. The van der Waals surface area contributed by atoms with E-state index in [1.165, 1.54) is 0 Å². The second-order valence-electron chi connectivity index (χ2n) is 4.59. The lowest BCUT2D eigenvalue weighted by Gasteiger charge is -2.33. The molecule has 14 heavy (non-hydrogen) atoms. The molecule has 4 nitrogen and oxygen atoms in total. The highest BCUT2D eigenvalue weighted by Crippen LogP contribution is 2.25. The van der Waals surface area contributed by atoms with E-state index in [1.807, 2.05) is 0 Å². The second-order valence-corrected chi connectivity index (χ2v) is 7.76. The highest BCUT2D eigenvalue weighted by molar-refractivity contribution is 6.62. The van der Waals surface area contributed by atoms with Gasteiger partial charge in [0.15, 0.2) is 0 Å². The van der Waals surface area contributed by atoms with Gasteiger partial charge in [-0.25, -0.2) is 0 Å². The number of nitrogens with two attached hydrogens (primary N) is 1. The molecule has 0 radical (unpaired) electrons. The summed E-state index contributed by atoms with van der Waals surface area (Å²) in [5.74, 6) is 0. The molecular formula is C9H23NO3Si. The highest BCUT2D eigenvalue weighted by atomic mass is 28.4. The van der Waals surface area contributed by atoms with Crippen molar-refractivity contribution in [2.24, 2.45) is 11.1 Å². The monoisotopic (exact) mass is 221 g/mol. The van der Waals surface area contributed by atoms with Crippen LogP contribution >= 0.6 is 0 Å². The molecule has 2 N–H and O–H groups in total. The first-order chi connectivity index (χ1) is 6.31. The molecule has 1 atom stereocenters. The van der Waals surface area contributed by atoms with Crippen molar-refractivity contribution in [3.8, 4) is 0 Å². The predicted octanol–water partition coefficient (Wildman–Crippen LogP) is 1.17. The van der Waals surface area contributed by atoms with Gasteiger partial charge in [0, 0.05) is 21.3 Å². The van der Waals surface area contributed by atoms with Crippen LogP contribution in [0.15, 0.2) is 0 Å². The smallest absolute Gasteiger partial charge is 0.376 e. The van der Waals surface area contributed by atoms with Crippen LogP contribution < -0.4 is 5.73 Å². The lowest BCUT2D eigenvalue weighted by Crippen LogP contribution is -2.59. The van der Waals surface area contributed by atoms with Gasteiger partial charge in [0.05, 0.1) is 5.67 Å². The highest BCUT2D eigenvalue weighted by Gasteiger charge is 2.46. The zero-order valence-electron chi connectivity index (χ0n) is 10.1. The Morgan fingerprint density at radius 1 is 1.07 bits per heavy atom. The summed E-state index contributed by atoms with van der Waals surface area (Å²) >= 11 is 0. The summed E-state index contributed by atoms with van der Waals surface area (Å²) in [5, 5.41) is 0. The van der Waals surface area contributed by atoms with Crippen LogP contribution in [0.5, 0.6) is 0 Å². The van der Waals surface area contributed by atoms with Crippen LogP contribution in [0.3, 0.4) is 0 Å². The molecule has 0 aromatic heterocycles. The van der Waals surface area contributed by atoms with Gasteiger partial charge in [-0.15, -0.1) is 0 Å². The van der Waals surface area contributed by atoms with Crippen LogP contribution in [0.25, 0.3) is 0 Å². The van der Waals surface area contributed by atoms with Gasteiger partial charge in [0.1, 0.15) is 0 Å². The average Bonchev–Trinajstić information content (AvgIpc) is 2.05. The largest absolute Gasteiger partial charge is 0.517 e. The summed E-state index contributed by atoms with van der Waals surface area (Å²) in [5.41, 5.74) is 6.03. The maximum Gasteiger partial charge on any atom is 0.517 e. The molecule has 0 spiro atoms. The third-order valence-corrected chi connectivity index (χ3v) is 4.96. The molecular weight excluding hydrogens is 198 g/mol. The molecule has 0 saturated carbocycles. The average molecular weight is 221 g/mol. The number of hydrogen-bond acceptors (Lipinski definition) is 4. The Labute approximate surface area is 88.1 Å². The molecule has 0 aliphatic carbocycles. The Morgan fingerprint density at radius 3 is 1.64 bits per heavy atom. The molecule has 0 aromatic carbocycles. The second kappa shape index (κ2) is 5.23. The molecule has 0 bridgehead atoms. The summed E-state index contributed by atoms with van der Waals surface area (Å²) < 4.78 is 15.9. The van der Waals surface area contributed by atoms with Crippen molar-refractivity contribution in [2.75, 3.05) is 21.3 Å². The minimum atomic E-state index is -2.65. The van der Waals surface area contributed by atoms with Gasteiger partial charge in [0.25, 0.3) is 0 Å². The molecule has 0 aliphatic rings. The summed E-state index contributed by atoms with van der Waals surface area (Å²) in [6.07, 6.45) is 0.814. The molecule has 0 saturated heterocycles. The molecule has 0 heterocycles. The molecule has 0 fully saturated rings. The minimum Gasteiger partial charge on any atom is -0.376 e. The van der Waals surface area contributed by atoms with E-state index in [0.29, 0.717) is 0 Å². The van der Waals surface area contributed by atoms with Crippen molar-refractivity contribution in [1.82, 2.24) is 0 Å². The van der Waals surface area contributed by atoms with E-state index in [4.69, 9.17) is 19.0 Å². The van der Waals surface area contributed by atoms with Crippen molar-refractivity contribution in [3.05, 3.63) is 0 Å². The van der Waals surface area contributed by atoms with Crippen LogP contribution in [0.1, 0.15) is 27.2 Å². The molecule has 0 aromatic rings. The van der Waals surface area contributed by atoms with Gasteiger partial charge >= 0.3 is 8.80 Å². The Kier molecular flexibility index (Phi) is 5.25. The van der Waals surface area contributed by atoms with Crippen LogP contribution in [0.4, 0.5) is 0 Å². The first kappa shape index (κ1) is 14.1. The Balaban J connectivity index is 4.52. The Bertz CT molecular complexity index is 158. The van der Waals surface area contributed by atoms with E-state index in [9.17, 15) is 0 Å². The van der Waals surface area contributed by atoms with Crippen molar-refractivity contribution in [2.45, 2.75) is 32.9 Å². The third kappa shape index (κ3) is 3.66. The minimum absolute atomic E-state index is 0.146. The normalized spacial score (nSPS) is 15.6. The van der Waals surface area contributed by atoms with Gasteiger partial charge in [-0.1, -0.05) is 20.8 Å². The molecule has 0 rings (SSSR count). The fraction of sp³-hybridized carbons (Fsp3) is 1.00. The topological polar surface area (TPSA) is 53.7 Å². The van der Waals surface area contributed by atoms with E-state index >= 15 is 0 Å². The third-order valence-electron chi connectivity index (χ3n) is 2.14. The fourth-order valence-electron chi connectivity index (χ4n) is 1.49. The van der Waals surface area contributed by atoms with Crippen LogP contribution in [0.2, 0.25) is 0 Å². The summed E-state index contributed by atoms with van der Waals surface area (Å²) in [4.78, 5) is 0. The summed E-state index contributed by atoms with van der Waals surface area (Å²) in [6.45, 7) is 6.40. The zero-order valence-corrected chi connectivity index (χ0v) is 11.1. The van der Waals surface area contributed by atoms with Crippen molar-refractivity contribution in [1.29, 1.82) is 0 Å². The maximum atomic E-state index is 6.06. The van der Waals surface area contributed by atoms with E-state index in [1.54, 1.807) is 21.3 Å². The van der Waals surface area contributed by atoms with Gasteiger partial charge < -0.3 is 19.0 Å². The molecule has 0 aliphatic heterocycles. The van der Waals surface area contributed by atoms with Crippen molar-refractivity contribution >= 4 is 8.80 Å². The lowest BCUT2D eigenvalue weighted by molar-refractivity contribution is 0.105. The molecule has 86 valence electrons. The van der Waals surface area contributed by atoms with Gasteiger partial charge in [-0.3, -0.25) is 0 Å². The Morgan fingerprint density at radius 2 is 1.43 bits per heavy atom. The SMILES string of the molecule is CO[Si](OC)(OC)C(N)CC(C)(C)C. The number of hydrogen-bond donors (Lipinski definition) is 1. The van der Waals surface area contributed by atoms with Crippen LogP contribution in [-0.4, -0.2) is 35.8 Å². The first-order valence-electron chi connectivity index (χ1n) is 4.72. The maximum absolute atomic E-state index is 6.06. The van der Waals surface area contributed by atoms with Gasteiger partial charge in [0.2, 0.25) is 0 Å². The van der Waals surface area contributed by atoms with Crippen LogP contribution in [-0.2, 0) is 13.3 Å². The zero-order chi connectivity index (χ0) is 11.4. The van der Waals surface area contributed by atoms with Crippen molar-refractivity contribution < 1.29 is 13.3 Å². The van der Waals surface area contributed by atoms with E-state index < -0.39 is 8.80 Å². The fourth-order valence-corrected chi connectivity index (χ4v) is 3.76.